The van der Waals surface area contributed by atoms with Crippen LogP contribution in [-0.2, 0) is 0 Å². The van der Waals surface area contributed by atoms with E-state index in [1.807, 2.05) is 12.1 Å². The monoisotopic (exact) mass is 266 g/mol. The van der Waals surface area contributed by atoms with Crippen LogP contribution in [0, 0.1) is 12.8 Å². The Morgan fingerprint density at radius 2 is 2.06 bits per heavy atom. The van der Waals surface area contributed by atoms with Gasteiger partial charge < -0.3 is 0 Å². The van der Waals surface area contributed by atoms with E-state index in [0.29, 0.717) is 0 Å². The van der Waals surface area contributed by atoms with Crippen molar-refractivity contribution in [1.29, 1.82) is 0 Å². The highest BCUT2D eigenvalue weighted by atomic mass is 35.5. The molecule has 0 amide bonds. The summed E-state index contributed by atoms with van der Waals surface area (Å²) in [5, 5.41) is 0.796. The fourth-order valence-electron chi connectivity index (χ4n) is 3.07. The van der Waals surface area contributed by atoms with Crippen molar-refractivity contribution in [2.24, 2.45) is 11.8 Å². The molecular weight excluding hydrogens is 244 g/mol. The molecule has 1 aromatic carbocycles. The molecule has 0 heterocycles. The van der Waals surface area contributed by atoms with Crippen molar-refractivity contribution < 1.29 is 0 Å². The van der Waals surface area contributed by atoms with Gasteiger partial charge in [0.1, 0.15) is 0 Å². The molecule has 1 aromatic rings. The molecule has 3 N–H and O–H groups in total. The third-order valence-corrected chi connectivity index (χ3v) is 4.34. The first kappa shape index (κ1) is 13.9. The van der Waals surface area contributed by atoms with Crippen LogP contribution in [0.2, 0.25) is 5.02 Å². The van der Waals surface area contributed by atoms with Crippen LogP contribution < -0.4 is 11.3 Å². The molecule has 0 saturated heterocycles. The van der Waals surface area contributed by atoms with Gasteiger partial charge in [-0.15, -0.1) is 0 Å². The van der Waals surface area contributed by atoms with Gasteiger partial charge in [-0.2, -0.15) is 0 Å². The molecule has 0 bridgehead atoms. The first-order valence-corrected chi connectivity index (χ1v) is 7.30. The van der Waals surface area contributed by atoms with Crippen LogP contribution in [0.25, 0.3) is 0 Å². The summed E-state index contributed by atoms with van der Waals surface area (Å²) >= 11 is 6.01. The Morgan fingerprint density at radius 1 is 1.33 bits per heavy atom. The number of aryl methyl sites for hydroxylation is 1. The quantitative estimate of drug-likeness (QED) is 0.635. The summed E-state index contributed by atoms with van der Waals surface area (Å²) in [4.78, 5) is 0. The maximum absolute atomic E-state index is 6.01. The number of hydrogen-bond acceptors (Lipinski definition) is 2. The number of halogens is 1. The van der Waals surface area contributed by atoms with Gasteiger partial charge in [0.25, 0.3) is 0 Å². The number of nitrogens with two attached hydrogens (primary N) is 1. The smallest absolute Gasteiger partial charge is 0.0465 e. The van der Waals surface area contributed by atoms with Crippen LogP contribution in [0.5, 0.6) is 0 Å². The summed E-state index contributed by atoms with van der Waals surface area (Å²) in [6, 6.07) is 6.33. The first-order chi connectivity index (χ1) is 8.70. The zero-order valence-electron chi connectivity index (χ0n) is 11.1. The predicted molar refractivity (Wildman–Crippen MR) is 77.4 cm³/mol. The standard InChI is InChI=1S/C15H23ClN2/c1-11-9-13(16)7-8-14(11)15(18-17)10-12-5-3-2-4-6-12/h7-9,12,15,18H,2-6,10,17H2,1H3. The van der Waals surface area contributed by atoms with Crippen LogP contribution in [0.3, 0.4) is 0 Å². The van der Waals surface area contributed by atoms with E-state index in [9.17, 15) is 0 Å². The van der Waals surface area contributed by atoms with E-state index in [1.54, 1.807) is 0 Å². The van der Waals surface area contributed by atoms with E-state index in [2.05, 4.69) is 18.4 Å². The van der Waals surface area contributed by atoms with Gasteiger partial charge in [-0.1, -0.05) is 49.8 Å². The Bertz CT molecular complexity index is 386. The molecule has 1 aliphatic carbocycles. The molecule has 1 atom stereocenters. The van der Waals surface area contributed by atoms with Crippen LogP contribution in [-0.4, -0.2) is 0 Å². The van der Waals surface area contributed by atoms with Crippen LogP contribution in [0.1, 0.15) is 55.7 Å². The topological polar surface area (TPSA) is 38.0 Å². The van der Waals surface area contributed by atoms with E-state index >= 15 is 0 Å². The van der Waals surface area contributed by atoms with Gasteiger partial charge in [-0.05, 0) is 42.5 Å². The molecule has 3 heteroatoms. The van der Waals surface area contributed by atoms with Gasteiger partial charge in [-0.25, -0.2) is 0 Å². The van der Waals surface area contributed by atoms with Crippen molar-refractivity contribution >= 4 is 11.6 Å². The molecular formula is C15H23ClN2. The van der Waals surface area contributed by atoms with Crippen molar-refractivity contribution in [3.63, 3.8) is 0 Å². The highest BCUT2D eigenvalue weighted by Crippen LogP contribution is 2.33. The van der Waals surface area contributed by atoms with E-state index in [1.165, 1.54) is 43.2 Å². The van der Waals surface area contributed by atoms with Crippen LogP contribution in [0.15, 0.2) is 18.2 Å². The highest BCUT2D eigenvalue weighted by molar-refractivity contribution is 6.30. The molecule has 0 spiro atoms. The second kappa shape index (κ2) is 6.55. The minimum Gasteiger partial charge on any atom is -0.271 e. The number of hydrazine groups is 1. The summed E-state index contributed by atoms with van der Waals surface area (Å²) in [5.41, 5.74) is 5.49. The van der Waals surface area contributed by atoms with Crippen LogP contribution >= 0.6 is 11.6 Å². The SMILES string of the molecule is Cc1cc(Cl)ccc1C(CC1CCCCC1)NN. The molecule has 0 aromatic heterocycles. The summed E-state index contributed by atoms with van der Waals surface area (Å²) in [5.74, 6) is 6.56. The summed E-state index contributed by atoms with van der Waals surface area (Å²) in [7, 11) is 0. The zero-order valence-corrected chi connectivity index (χ0v) is 11.8. The Labute approximate surface area is 115 Å². The van der Waals surface area contributed by atoms with E-state index in [0.717, 1.165) is 17.4 Å². The average Bonchev–Trinajstić information content (AvgIpc) is 2.38. The minimum absolute atomic E-state index is 0.255. The van der Waals surface area contributed by atoms with Gasteiger partial charge >= 0.3 is 0 Å². The lowest BCUT2D eigenvalue weighted by atomic mass is 9.83. The number of hydrogen-bond donors (Lipinski definition) is 2. The van der Waals surface area contributed by atoms with Gasteiger partial charge in [0.2, 0.25) is 0 Å². The second-order valence-corrected chi connectivity index (χ2v) is 5.90. The molecule has 2 nitrogen and oxygen atoms in total. The van der Waals surface area contributed by atoms with Crippen LogP contribution in [0.4, 0.5) is 0 Å². The van der Waals surface area contributed by atoms with Gasteiger partial charge in [0.15, 0.2) is 0 Å². The number of rotatable bonds is 4. The summed E-state index contributed by atoms with van der Waals surface area (Å²) in [6.45, 7) is 2.10. The lowest BCUT2D eigenvalue weighted by Crippen LogP contribution is -2.30. The van der Waals surface area contributed by atoms with Crippen molar-refractivity contribution in [2.45, 2.75) is 51.5 Å². The van der Waals surface area contributed by atoms with Crippen molar-refractivity contribution in [1.82, 2.24) is 5.43 Å². The number of benzene rings is 1. The van der Waals surface area contributed by atoms with E-state index < -0.39 is 0 Å². The number of nitrogens with one attached hydrogen (secondary N) is 1. The third-order valence-electron chi connectivity index (χ3n) is 4.10. The van der Waals surface area contributed by atoms with Crippen molar-refractivity contribution in [2.75, 3.05) is 0 Å². The van der Waals surface area contributed by atoms with Gasteiger partial charge in [-0.3, -0.25) is 11.3 Å². The lowest BCUT2D eigenvalue weighted by Gasteiger charge is -2.27. The highest BCUT2D eigenvalue weighted by Gasteiger charge is 2.20. The zero-order chi connectivity index (χ0) is 13.0. The van der Waals surface area contributed by atoms with E-state index in [-0.39, 0.29) is 6.04 Å². The van der Waals surface area contributed by atoms with Crippen molar-refractivity contribution in [3.8, 4) is 0 Å². The maximum atomic E-state index is 6.01. The van der Waals surface area contributed by atoms with Gasteiger partial charge in [0.05, 0.1) is 0 Å². The molecule has 18 heavy (non-hydrogen) atoms. The fourth-order valence-corrected chi connectivity index (χ4v) is 3.30. The summed E-state index contributed by atoms with van der Waals surface area (Å²) < 4.78 is 0. The molecule has 1 fully saturated rings. The predicted octanol–water partition coefficient (Wildman–Crippen LogP) is 4.12. The molecule has 0 radical (unpaired) electrons. The normalized spacial score (nSPS) is 18.8. The maximum Gasteiger partial charge on any atom is 0.0465 e. The lowest BCUT2D eigenvalue weighted by molar-refractivity contribution is 0.300. The van der Waals surface area contributed by atoms with Crippen molar-refractivity contribution in [3.05, 3.63) is 34.3 Å². The van der Waals surface area contributed by atoms with Gasteiger partial charge in [0, 0.05) is 11.1 Å². The largest absolute Gasteiger partial charge is 0.271 e. The Morgan fingerprint density at radius 3 is 2.67 bits per heavy atom. The minimum atomic E-state index is 0.255. The molecule has 0 aliphatic heterocycles. The molecule has 1 unspecified atom stereocenters. The molecule has 2 rings (SSSR count). The summed E-state index contributed by atoms with van der Waals surface area (Å²) in [6.07, 6.45) is 7.99. The third kappa shape index (κ3) is 3.47. The Hall–Kier alpha value is -0.570. The molecule has 100 valence electrons. The Kier molecular flexibility index (Phi) is 5.04. The molecule has 1 saturated carbocycles. The molecule has 1 aliphatic rings. The second-order valence-electron chi connectivity index (χ2n) is 5.46. The average molecular weight is 267 g/mol. The fraction of sp³-hybridized carbons (Fsp3) is 0.600. The Balaban J connectivity index is 2.07. The van der Waals surface area contributed by atoms with E-state index in [4.69, 9.17) is 17.4 Å². The first-order valence-electron chi connectivity index (χ1n) is 6.93.